The SMILES string of the molecule is Cc1ccc(NC(=O)[C@@H]2CC(=O)N=C(C(N)=[NH2+])S2)cc1. The second-order valence-electron chi connectivity index (χ2n) is 4.43. The van der Waals surface area contributed by atoms with Crippen molar-refractivity contribution in [3.05, 3.63) is 29.8 Å². The number of hydrogen-bond acceptors (Lipinski definition) is 3. The number of carbonyl (C=O) groups excluding carboxylic acids is 2. The molecule has 0 saturated heterocycles. The zero-order valence-electron chi connectivity index (χ0n) is 10.9. The largest absolute Gasteiger partial charge is 0.325 e. The van der Waals surface area contributed by atoms with E-state index in [4.69, 9.17) is 11.1 Å². The third kappa shape index (κ3) is 3.45. The first-order valence-corrected chi connectivity index (χ1v) is 6.87. The van der Waals surface area contributed by atoms with Gasteiger partial charge in [-0.1, -0.05) is 29.5 Å². The van der Waals surface area contributed by atoms with Crippen LogP contribution in [0.15, 0.2) is 29.3 Å². The molecule has 0 spiro atoms. The molecular weight excluding hydrogens is 276 g/mol. The number of nitrogens with two attached hydrogens (primary N) is 2. The Morgan fingerprint density at radius 1 is 1.45 bits per heavy atom. The lowest BCUT2D eigenvalue weighted by Crippen LogP contribution is -2.51. The number of nitrogens with one attached hydrogen (secondary N) is 1. The molecular formula is C13H15N4O2S+. The molecule has 1 aromatic rings. The molecule has 1 aliphatic heterocycles. The molecule has 1 heterocycles. The molecule has 2 rings (SSSR count). The molecule has 0 radical (unpaired) electrons. The highest BCUT2D eigenvalue weighted by Gasteiger charge is 2.31. The molecule has 0 aromatic heterocycles. The van der Waals surface area contributed by atoms with Crippen molar-refractivity contribution in [2.24, 2.45) is 10.7 Å². The van der Waals surface area contributed by atoms with E-state index in [0.717, 1.165) is 17.3 Å². The molecule has 7 heteroatoms. The number of hydrogen-bond donors (Lipinski definition) is 3. The van der Waals surface area contributed by atoms with Gasteiger partial charge in [0.2, 0.25) is 11.8 Å². The summed E-state index contributed by atoms with van der Waals surface area (Å²) in [6.07, 6.45) is 0.0408. The summed E-state index contributed by atoms with van der Waals surface area (Å²) in [7, 11) is 0. The molecule has 5 N–H and O–H groups in total. The third-order valence-corrected chi connectivity index (χ3v) is 3.91. The quantitative estimate of drug-likeness (QED) is 0.514. The summed E-state index contributed by atoms with van der Waals surface area (Å²) >= 11 is 1.10. The van der Waals surface area contributed by atoms with Crippen molar-refractivity contribution in [3.8, 4) is 0 Å². The van der Waals surface area contributed by atoms with Crippen LogP contribution in [-0.4, -0.2) is 27.9 Å². The molecule has 0 aliphatic carbocycles. The third-order valence-electron chi connectivity index (χ3n) is 2.70. The van der Waals surface area contributed by atoms with Gasteiger partial charge in [-0.15, -0.1) is 0 Å². The summed E-state index contributed by atoms with van der Waals surface area (Å²) in [6.45, 7) is 1.96. The molecule has 1 aliphatic rings. The van der Waals surface area contributed by atoms with Crippen LogP contribution in [0.4, 0.5) is 5.69 Å². The van der Waals surface area contributed by atoms with Gasteiger partial charge < -0.3 is 5.32 Å². The van der Waals surface area contributed by atoms with Crippen molar-refractivity contribution >= 4 is 40.1 Å². The van der Waals surface area contributed by atoms with Crippen LogP contribution < -0.4 is 16.5 Å². The van der Waals surface area contributed by atoms with Gasteiger partial charge in [0.25, 0.3) is 5.84 Å². The highest BCUT2D eigenvalue weighted by molar-refractivity contribution is 8.16. The van der Waals surface area contributed by atoms with Crippen LogP contribution in [0.25, 0.3) is 0 Å². The highest BCUT2D eigenvalue weighted by atomic mass is 32.2. The molecule has 2 amide bonds. The Hall–Kier alpha value is -2.15. The molecule has 1 atom stereocenters. The first kappa shape index (κ1) is 14.3. The maximum absolute atomic E-state index is 12.1. The van der Waals surface area contributed by atoms with E-state index >= 15 is 0 Å². The zero-order chi connectivity index (χ0) is 14.7. The number of carbonyl (C=O) groups is 2. The minimum Gasteiger partial charge on any atom is -0.325 e. The lowest BCUT2D eigenvalue weighted by molar-refractivity contribution is -0.122. The molecule has 0 bridgehead atoms. The summed E-state index contributed by atoms with van der Waals surface area (Å²) < 4.78 is 0. The Morgan fingerprint density at radius 2 is 2.10 bits per heavy atom. The molecule has 20 heavy (non-hydrogen) atoms. The predicted octanol–water partition coefficient (Wildman–Crippen LogP) is -0.520. The standard InChI is InChI=1S/C13H14N4O2S/c1-7-2-4-8(5-3-7)16-12(19)9-6-10(18)17-13(20-9)11(14)15/h2-5,9H,6H2,1H3,(H3,14,15)(H,16,19)/p+1/t9-/m0/s1. The number of aryl methyl sites for hydroxylation is 1. The lowest BCUT2D eigenvalue weighted by Gasteiger charge is -2.18. The summed E-state index contributed by atoms with van der Waals surface area (Å²) in [5.74, 6) is -0.701. The predicted molar refractivity (Wildman–Crippen MR) is 79.4 cm³/mol. The average molecular weight is 291 g/mol. The molecule has 6 nitrogen and oxygen atoms in total. The number of amides is 2. The van der Waals surface area contributed by atoms with E-state index in [1.807, 2.05) is 19.1 Å². The maximum atomic E-state index is 12.1. The Bertz CT molecular complexity index is 595. The smallest absolute Gasteiger partial charge is 0.296 e. The number of anilines is 1. The first-order valence-electron chi connectivity index (χ1n) is 5.99. The monoisotopic (exact) mass is 291 g/mol. The van der Waals surface area contributed by atoms with Gasteiger partial charge in [-0.25, -0.2) is 0 Å². The van der Waals surface area contributed by atoms with Gasteiger partial charge in [0, 0.05) is 5.69 Å². The fourth-order valence-corrected chi connectivity index (χ4v) is 2.61. The highest BCUT2D eigenvalue weighted by Crippen LogP contribution is 2.24. The van der Waals surface area contributed by atoms with Gasteiger partial charge in [0.05, 0.1) is 11.7 Å². The van der Waals surface area contributed by atoms with Crippen molar-refractivity contribution in [1.82, 2.24) is 0 Å². The number of amidine groups is 1. The average Bonchev–Trinajstić information content (AvgIpc) is 2.40. The van der Waals surface area contributed by atoms with Gasteiger partial charge in [-0.05, 0) is 19.1 Å². The summed E-state index contributed by atoms with van der Waals surface area (Å²) in [6, 6.07) is 7.41. The Labute approximate surface area is 120 Å². The van der Waals surface area contributed by atoms with E-state index in [1.165, 1.54) is 0 Å². The second-order valence-corrected chi connectivity index (χ2v) is 5.62. The van der Waals surface area contributed by atoms with Crippen molar-refractivity contribution in [3.63, 3.8) is 0 Å². The van der Waals surface area contributed by atoms with Crippen LogP contribution in [-0.2, 0) is 9.59 Å². The normalized spacial score (nSPS) is 18.4. The Kier molecular flexibility index (Phi) is 4.19. The topological polar surface area (TPSA) is 110 Å². The van der Waals surface area contributed by atoms with Crippen molar-refractivity contribution in [1.29, 1.82) is 0 Å². The molecule has 1 aromatic carbocycles. The maximum Gasteiger partial charge on any atom is 0.296 e. The summed E-state index contributed by atoms with van der Waals surface area (Å²) in [4.78, 5) is 27.3. The van der Waals surface area contributed by atoms with Crippen LogP contribution in [0.2, 0.25) is 0 Å². The Morgan fingerprint density at radius 3 is 2.70 bits per heavy atom. The molecule has 0 unspecified atom stereocenters. The van der Waals surface area contributed by atoms with Crippen LogP contribution in [0.1, 0.15) is 12.0 Å². The van der Waals surface area contributed by atoms with E-state index in [1.54, 1.807) is 12.1 Å². The number of aliphatic imine (C=N–C) groups is 1. The van der Waals surface area contributed by atoms with Crippen LogP contribution in [0.5, 0.6) is 0 Å². The van der Waals surface area contributed by atoms with E-state index in [2.05, 4.69) is 10.3 Å². The van der Waals surface area contributed by atoms with Crippen LogP contribution in [0.3, 0.4) is 0 Å². The second kappa shape index (κ2) is 5.87. The number of rotatable bonds is 3. The van der Waals surface area contributed by atoms with E-state index < -0.39 is 11.2 Å². The van der Waals surface area contributed by atoms with Gasteiger partial charge in [0.1, 0.15) is 0 Å². The van der Waals surface area contributed by atoms with E-state index in [9.17, 15) is 9.59 Å². The summed E-state index contributed by atoms with van der Waals surface area (Å²) in [5.41, 5.74) is 7.20. The summed E-state index contributed by atoms with van der Waals surface area (Å²) in [5, 5.41) is 7.82. The van der Waals surface area contributed by atoms with Gasteiger partial charge in [0.15, 0.2) is 5.04 Å². The molecule has 0 saturated carbocycles. The van der Waals surface area contributed by atoms with E-state index in [0.29, 0.717) is 5.69 Å². The van der Waals surface area contributed by atoms with Crippen molar-refractivity contribution < 1.29 is 15.0 Å². The number of nitrogens with zero attached hydrogens (tertiary/aromatic N) is 1. The minimum atomic E-state index is -0.571. The Balaban J connectivity index is 2.06. The van der Waals surface area contributed by atoms with Crippen LogP contribution in [0, 0.1) is 6.92 Å². The molecule has 0 fully saturated rings. The lowest BCUT2D eigenvalue weighted by atomic mass is 10.2. The fraction of sp³-hybridized carbons (Fsp3) is 0.231. The fourth-order valence-electron chi connectivity index (χ4n) is 1.66. The van der Waals surface area contributed by atoms with Gasteiger partial charge >= 0.3 is 0 Å². The van der Waals surface area contributed by atoms with Gasteiger partial charge in [-0.3, -0.25) is 20.7 Å². The zero-order valence-corrected chi connectivity index (χ0v) is 11.7. The molecule has 104 valence electrons. The van der Waals surface area contributed by atoms with E-state index in [-0.39, 0.29) is 23.2 Å². The number of thioether (sulfide) groups is 1. The van der Waals surface area contributed by atoms with Crippen molar-refractivity contribution in [2.75, 3.05) is 5.32 Å². The van der Waals surface area contributed by atoms with Crippen molar-refractivity contribution in [2.45, 2.75) is 18.6 Å². The van der Waals surface area contributed by atoms with Gasteiger partial charge in [-0.2, -0.15) is 4.99 Å². The first-order chi connectivity index (χ1) is 9.45. The van der Waals surface area contributed by atoms with Crippen LogP contribution >= 0.6 is 11.8 Å². The number of benzene rings is 1. The minimum absolute atomic E-state index is 0.0408.